The first kappa shape index (κ1) is 16.9. The highest BCUT2D eigenvalue weighted by molar-refractivity contribution is 5.69. The first-order valence-electron chi connectivity index (χ1n) is 7.67. The normalized spacial score (nSPS) is 15.9. The largest absolute Gasteiger partial charge is 0.490 e. The Morgan fingerprint density at radius 2 is 2.13 bits per heavy atom. The molecule has 2 rings (SSSR count). The molecule has 0 spiro atoms. The van der Waals surface area contributed by atoms with Gasteiger partial charge in [-0.25, -0.2) is 4.79 Å². The van der Waals surface area contributed by atoms with E-state index in [9.17, 15) is 10.1 Å². The molecule has 0 saturated heterocycles. The predicted octanol–water partition coefficient (Wildman–Crippen LogP) is 2.97. The van der Waals surface area contributed by atoms with Gasteiger partial charge in [0.25, 0.3) is 0 Å². The monoisotopic (exact) mass is 317 g/mol. The molecule has 1 amide bonds. The Morgan fingerprint density at radius 1 is 1.43 bits per heavy atom. The van der Waals surface area contributed by atoms with Gasteiger partial charge in [-0.3, -0.25) is 0 Å². The SMILES string of the molecule is CC(C)(C)OC(=O)NC1(COc2cccc(N)c2C#N)CCC1. The number of hydrogen-bond acceptors (Lipinski definition) is 5. The molecule has 1 saturated carbocycles. The van der Waals surface area contributed by atoms with Crippen molar-refractivity contribution in [1.82, 2.24) is 5.32 Å². The predicted molar refractivity (Wildman–Crippen MR) is 87.0 cm³/mol. The van der Waals surface area contributed by atoms with Crippen LogP contribution in [0.1, 0.15) is 45.6 Å². The number of nitrogens with zero attached hydrogens (tertiary/aromatic N) is 1. The van der Waals surface area contributed by atoms with Gasteiger partial charge in [-0.05, 0) is 52.2 Å². The van der Waals surface area contributed by atoms with E-state index in [1.807, 2.05) is 26.8 Å². The highest BCUT2D eigenvalue weighted by atomic mass is 16.6. The summed E-state index contributed by atoms with van der Waals surface area (Å²) in [4.78, 5) is 12.0. The highest BCUT2D eigenvalue weighted by Gasteiger charge is 2.40. The van der Waals surface area contributed by atoms with Crippen LogP contribution in [0.4, 0.5) is 10.5 Å². The molecule has 0 aliphatic heterocycles. The van der Waals surface area contributed by atoms with E-state index in [2.05, 4.69) is 5.32 Å². The molecule has 0 radical (unpaired) electrons. The number of nitriles is 1. The van der Waals surface area contributed by atoms with E-state index in [0.717, 1.165) is 19.3 Å². The van der Waals surface area contributed by atoms with Gasteiger partial charge in [0, 0.05) is 0 Å². The lowest BCUT2D eigenvalue weighted by Crippen LogP contribution is -2.58. The Hall–Kier alpha value is -2.42. The number of nitrogens with two attached hydrogens (primary N) is 1. The third kappa shape index (κ3) is 4.28. The van der Waals surface area contributed by atoms with Crippen molar-refractivity contribution >= 4 is 11.8 Å². The maximum atomic E-state index is 12.0. The Balaban J connectivity index is 2.02. The fourth-order valence-electron chi connectivity index (χ4n) is 2.43. The zero-order valence-corrected chi connectivity index (χ0v) is 13.8. The lowest BCUT2D eigenvalue weighted by atomic mass is 9.77. The van der Waals surface area contributed by atoms with Gasteiger partial charge < -0.3 is 20.5 Å². The minimum atomic E-state index is -0.544. The Bertz CT molecular complexity index is 625. The van der Waals surface area contributed by atoms with E-state index >= 15 is 0 Å². The Morgan fingerprint density at radius 3 is 2.65 bits per heavy atom. The van der Waals surface area contributed by atoms with Crippen LogP contribution in [-0.2, 0) is 4.74 Å². The number of nitrogen functional groups attached to an aromatic ring is 1. The third-order valence-corrected chi connectivity index (χ3v) is 3.75. The number of carbonyl (C=O) groups is 1. The molecule has 1 fully saturated rings. The molecule has 1 aliphatic rings. The van der Waals surface area contributed by atoms with Crippen LogP contribution in [0.25, 0.3) is 0 Å². The maximum Gasteiger partial charge on any atom is 0.408 e. The van der Waals surface area contributed by atoms with E-state index in [-0.39, 0.29) is 6.61 Å². The summed E-state index contributed by atoms with van der Waals surface area (Å²) in [6.07, 6.45) is 2.20. The summed E-state index contributed by atoms with van der Waals surface area (Å²) in [5, 5.41) is 12.1. The van der Waals surface area contributed by atoms with E-state index in [0.29, 0.717) is 17.0 Å². The van der Waals surface area contributed by atoms with Crippen LogP contribution in [0.5, 0.6) is 5.75 Å². The molecule has 0 heterocycles. The molecule has 1 aromatic carbocycles. The van der Waals surface area contributed by atoms with Crippen LogP contribution in [-0.4, -0.2) is 23.8 Å². The lowest BCUT2D eigenvalue weighted by molar-refractivity contribution is 0.0294. The molecule has 1 aliphatic carbocycles. The molecule has 0 atom stereocenters. The van der Waals surface area contributed by atoms with E-state index in [1.165, 1.54) is 0 Å². The van der Waals surface area contributed by atoms with Crippen molar-refractivity contribution in [3.05, 3.63) is 23.8 Å². The van der Waals surface area contributed by atoms with Gasteiger partial charge in [-0.1, -0.05) is 6.07 Å². The summed E-state index contributed by atoms with van der Waals surface area (Å²) >= 11 is 0. The number of benzene rings is 1. The average Bonchev–Trinajstić information content (AvgIpc) is 2.39. The van der Waals surface area contributed by atoms with E-state index in [4.69, 9.17) is 15.2 Å². The first-order valence-corrected chi connectivity index (χ1v) is 7.67. The number of carbonyl (C=O) groups excluding carboxylic acids is 1. The number of nitrogens with one attached hydrogen (secondary N) is 1. The van der Waals surface area contributed by atoms with Crippen molar-refractivity contribution in [3.63, 3.8) is 0 Å². The second-order valence-electron chi connectivity index (χ2n) is 6.88. The average molecular weight is 317 g/mol. The van der Waals surface area contributed by atoms with Crippen molar-refractivity contribution in [3.8, 4) is 11.8 Å². The first-order chi connectivity index (χ1) is 10.7. The van der Waals surface area contributed by atoms with Crippen LogP contribution in [0.15, 0.2) is 18.2 Å². The van der Waals surface area contributed by atoms with Crippen molar-refractivity contribution in [2.75, 3.05) is 12.3 Å². The Labute approximate surface area is 136 Å². The summed E-state index contributed by atoms with van der Waals surface area (Å²) < 4.78 is 11.1. The van der Waals surface area contributed by atoms with Crippen LogP contribution in [0.2, 0.25) is 0 Å². The summed E-state index contributed by atoms with van der Waals surface area (Å²) in [6, 6.07) is 7.14. The molecule has 6 heteroatoms. The number of alkyl carbamates (subject to hydrolysis) is 1. The zero-order chi connectivity index (χ0) is 17.1. The summed E-state index contributed by atoms with van der Waals surface area (Å²) in [7, 11) is 0. The molecule has 1 aromatic rings. The molecule has 3 N–H and O–H groups in total. The van der Waals surface area contributed by atoms with Crippen LogP contribution in [0.3, 0.4) is 0 Å². The Kier molecular flexibility index (Phi) is 4.69. The fourth-order valence-corrected chi connectivity index (χ4v) is 2.43. The van der Waals surface area contributed by atoms with Gasteiger partial charge in [0.05, 0.1) is 11.2 Å². The van der Waals surface area contributed by atoms with Crippen molar-refractivity contribution in [2.24, 2.45) is 0 Å². The van der Waals surface area contributed by atoms with Crippen LogP contribution >= 0.6 is 0 Å². The van der Waals surface area contributed by atoms with Gasteiger partial charge in [0.15, 0.2) is 0 Å². The smallest absolute Gasteiger partial charge is 0.408 e. The molecule has 124 valence electrons. The zero-order valence-electron chi connectivity index (χ0n) is 13.8. The molecular weight excluding hydrogens is 294 g/mol. The van der Waals surface area contributed by atoms with Crippen molar-refractivity contribution in [2.45, 2.75) is 51.2 Å². The molecule has 23 heavy (non-hydrogen) atoms. The van der Waals surface area contributed by atoms with Gasteiger partial charge in [0.1, 0.15) is 29.6 Å². The second-order valence-corrected chi connectivity index (χ2v) is 6.88. The number of anilines is 1. The van der Waals surface area contributed by atoms with Gasteiger partial charge in [-0.2, -0.15) is 5.26 Å². The number of ether oxygens (including phenoxy) is 2. The van der Waals surface area contributed by atoms with E-state index in [1.54, 1.807) is 18.2 Å². The van der Waals surface area contributed by atoms with Gasteiger partial charge >= 0.3 is 6.09 Å². The minimum Gasteiger partial charge on any atom is -0.490 e. The lowest BCUT2D eigenvalue weighted by Gasteiger charge is -2.42. The standard InChI is InChI=1S/C17H23N3O3/c1-16(2,3)23-15(21)20-17(8-5-9-17)11-22-14-7-4-6-13(19)12(14)10-18/h4,6-7H,5,8-9,11,19H2,1-3H3,(H,20,21). The summed E-state index contributed by atoms with van der Waals surface area (Å²) in [6.45, 7) is 5.75. The maximum absolute atomic E-state index is 12.0. The quantitative estimate of drug-likeness (QED) is 0.832. The van der Waals surface area contributed by atoms with Gasteiger partial charge in [0.2, 0.25) is 0 Å². The molecule has 6 nitrogen and oxygen atoms in total. The summed E-state index contributed by atoms with van der Waals surface area (Å²) in [5.41, 5.74) is 5.49. The third-order valence-electron chi connectivity index (χ3n) is 3.75. The topological polar surface area (TPSA) is 97.4 Å². The van der Waals surface area contributed by atoms with Crippen molar-refractivity contribution in [1.29, 1.82) is 5.26 Å². The van der Waals surface area contributed by atoms with Gasteiger partial charge in [-0.15, -0.1) is 0 Å². The number of rotatable bonds is 4. The highest BCUT2D eigenvalue weighted by Crippen LogP contribution is 2.34. The molecule has 0 aromatic heterocycles. The fraction of sp³-hybridized carbons (Fsp3) is 0.529. The van der Waals surface area contributed by atoms with Crippen molar-refractivity contribution < 1.29 is 14.3 Å². The second kappa shape index (κ2) is 6.37. The molecule has 0 bridgehead atoms. The number of hydrogen-bond donors (Lipinski definition) is 2. The number of amides is 1. The molecule has 0 unspecified atom stereocenters. The molecular formula is C17H23N3O3. The minimum absolute atomic E-state index is 0.282. The summed E-state index contributed by atoms with van der Waals surface area (Å²) in [5.74, 6) is 0.435. The van der Waals surface area contributed by atoms with Crippen LogP contribution < -0.4 is 15.8 Å². The van der Waals surface area contributed by atoms with Crippen LogP contribution in [0, 0.1) is 11.3 Å². The van der Waals surface area contributed by atoms with E-state index < -0.39 is 17.2 Å².